The first-order valence-electron chi connectivity index (χ1n) is 5.83. The van der Waals surface area contributed by atoms with Gasteiger partial charge in [-0.05, 0) is 31.4 Å². The van der Waals surface area contributed by atoms with Crippen LogP contribution in [0, 0.1) is 13.8 Å². The van der Waals surface area contributed by atoms with Crippen LogP contribution in [0.4, 0.5) is 5.82 Å². The molecule has 0 aromatic carbocycles. The maximum absolute atomic E-state index is 12.0. The fourth-order valence-electron chi connectivity index (χ4n) is 2.05. The first-order valence-corrected chi connectivity index (χ1v) is 7.48. The molecule has 0 unspecified atom stereocenters. The lowest BCUT2D eigenvalue weighted by Gasteiger charge is -2.15. The van der Waals surface area contributed by atoms with Gasteiger partial charge in [0, 0.05) is 5.69 Å². The van der Waals surface area contributed by atoms with E-state index in [1.807, 2.05) is 13.8 Å². The molecule has 0 amide bonds. The Hall–Kier alpha value is -1.10. The van der Waals surface area contributed by atoms with Gasteiger partial charge in [-0.1, -0.05) is 20.3 Å². The average molecular weight is 256 g/mol. The number of hydrogen-bond donors (Lipinski definition) is 1. The van der Waals surface area contributed by atoms with Crippen LogP contribution < -0.4 is 5.73 Å². The van der Waals surface area contributed by atoms with Crippen LogP contribution in [0.3, 0.4) is 0 Å². The van der Waals surface area contributed by atoms with Crippen molar-refractivity contribution in [2.75, 3.05) is 11.5 Å². The van der Waals surface area contributed by atoms with Crippen LogP contribution in [0.15, 0.2) is 4.90 Å². The molecule has 0 spiro atoms. The van der Waals surface area contributed by atoms with E-state index in [9.17, 15) is 8.42 Å². The van der Waals surface area contributed by atoms with Gasteiger partial charge in [0.25, 0.3) is 0 Å². The highest BCUT2D eigenvalue weighted by Crippen LogP contribution is 2.27. The van der Waals surface area contributed by atoms with E-state index in [-0.39, 0.29) is 16.5 Å². The number of nitrogens with two attached hydrogens (primary N) is 1. The Morgan fingerprint density at radius 1 is 1.24 bits per heavy atom. The van der Waals surface area contributed by atoms with Gasteiger partial charge in [-0.3, -0.25) is 0 Å². The van der Waals surface area contributed by atoms with Crippen LogP contribution in [-0.4, -0.2) is 19.2 Å². The molecule has 0 atom stereocenters. The molecule has 0 aliphatic carbocycles. The molecule has 1 aromatic rings. The molecule has 96 valence electrons. The van der Waals surface area contributed by atoms with Gasteiger partial charge in [-0.15, -0.1) is 0 Å². The minimum absolute atomic E-state index is 0.0499. The van der Waals surface area contributed by atoms with Crippen LogP contribution in [0.5, 0.6) is 0 Å². The average Bonchev–Trinajstić information content (AvgIpc) is 2.23. The summed E-state index contributed by atoms with van der Waals surface area (Å²) in [6.07, 6.45) is 1.79. The zero-order valence-corrected chi connectivity index (χ0v) is 11.7. The normalized spacial score (nSPS) is 11.8. The lowest BCUT2D eigenvalue weighted by molar-refractivity contribution is 0.596. The van der Waals surface area contributed by atoms with E-state index in [1.54, 1.807) is 6.92 Å². The Bertz CT molecular complexity index is 522. The summed E-state index contributed by atoms with van der Waals surface area (Å²) in [4.78, 5) is 4.38. The van der Waals surface area contributed by atoms with E-state index in [2.05, 4.69) is 11.9 Å². The van der Waals surface area contributed by atoms with Gasteiger partial charge in [-0.25, -0.2) is 13.4 Å². The lowest BCUT2D eigenvalue weighted by atomic mass is 10.0. The van der Waals surface area contributed by atoms with Gasteiger partial charge in [0.15, 0.2) is 9.84 Å². The largest absolute Gasteiger partial charge is 0.383 e. The number of hydrogen-bond acceptors (Lipinski definition) is 4. The third kappa shape index (κ3) is 2.60. The first kappa shape index (κ1) is 14.0. The van der Waals surface area contributed by atoms with Gasteiger partial charge >= 0.3 is 0 Å². The van der Waals surface area contributed by atoms with Crippen LogP contribution in [-0.2, 0) is 16.3 Å². The summed E-state index contributed by atoms with van der Waals surface area (Å²) in [5.41, 5.74) is 8.36. The number of aromatic nitrogens is 1. The molecule has 1 aromatic heterocycles. The van der Waals surface area contributed by atoms with Gasteiger partial charge in [0.2, 0.25) is 0 Å². The van der Waals surface area contributed by atoms with E-state index < -0.39 is 9.84 Å². The second kappa shape index (κ2) is 5.04. The van der Waals surface area contributed by atoms with Crippen molar-refractivity contribution in [1.29, 1.82) is 0 Å². The Morgan fingerprint density at radius 3 is 2.29 bits per heavy atom. The van der Waals surface area contributed by atoms with Gasteiger partial charge in [0.1, 0.15) is 10.7 Å². The Kier molecular flexibility index (Phi) is 4.14. The van der Waals surface area contributed by atoms with Crippen molar-refractivity contribution in [3.05, 3.63) is 16.8 Å². The topological polar surface area (TPSA) is 73.0 Å². The number of nitrogens with zero attached hydrogens (tertiary/aromatic N) is 1. The third-order valence-corrected chi connectivity index (χ3v) is 4.84. The summed E-state index contributed by atoms with van der Waals surface area (Å²) in [6.45, 7) is 7.37. The first-order chi connectivity index (χ1) is 7.85. The highest BCUT2D eigenvalue weighted by molar-refractivity contribution is 7.91. The van der Waals surface area contributed by atoms with E-state index in [1.165, 1.54) is 0 Å². The fraction of sp³-hybridized carbons (Fsp3) is 0.583. The smallest absolute Gasteiger partial charge is 0.182 e. The highest BCUT2D eigenvalue weighted by atomic mass is 32.2. The third-order valence-electron chi connectivity index (χ3n) is 2.94. The summed E-state index contributed by atoms with van der Waals surface area (Å²) >= 11 is 0. The zero-order chi connectivity index (χ0) is 13.2. The molecular weight excluding hydrogens is 236 g/mol. The van der Waals surface area contributed by atoms with Crippen LogP contribution >= 0.6 is 0 Å². The summed E-state index contributed by atoms with van der Waals surface area (Å²) < 4.78 is 24.0. The molecule has 0 saturated carbocycles. The van der Waals surface area contributed by atoms with E-state index in [4.69, 9.17) is 5.73 Å². The number of nitrogen functional groups attached to an aromatic ring is 1. The van der Waals surface area contributed by atoms with Gasteiger partial charge in [0.05, 0.1) is 5.75 Å². The molecule has 0 aliphatic heterocycles. The molecule has 0 saturated heterocycles. The molecule has 2 N–H and O–H groups in total. The molecule has 17 heavy (non-hydrogen) atoms. The maximum atomic E-state index is 12.0. The van der Waals surface area contributed by atoms with Gasteiger partial charge < -0.3 is 5.73 Å². The van der Waals surface area contributed by atoms with Crippen LogP contribution in [0.25, 0.3) is 0 Å². The fourth-order valence-corrected chi connectivity index (χ4v) is 3.30. The number of anilines is 1. The lowest BCUT2D eigenvalue weighted by Crippen LogP contribution is -2.14. The SMILES string of the molecule is CCCc1c(C)nc(N)c(S(=O)(=O)CC)c1C. The molecule has 0 bridgehead atoms. The molecule has 1 rings (SSSR count). The number of pyridine rings is 1. The molecular formula is C12H20N2O2S. The number of aryl methyl sites for hydroxylation is 1. The van der Waals surface area contributed by atoms with Gasteiger partial charge in [-0.2, -0.15) is 0 Å². The second-order valence-electron chi connectivity index (χ2n) is 4.17. The minimum Gasteiger partial charge on any atom is -0.383 e. The summed E-state index contributed by atoms with van der Waals surface area (Å²) in [5.74, 6) is 0.177. The predicted octanol–water partition coefficient (Wildman–Crippen LogP) is 2.03. The van der Waals surface area contributed by atoms with Crippen LogP contribution in [0.1, 0.15) is 37.1 Å². The second-order valence-corrected chi connectivity index (χ2v) is 6.38. The molecule has 0 radical (unpaired) electrons. The standard InChI is InChI=1S/C12H20N2O2S/c1-5-7-10-8(3)11(17(15,16)6-2)12(13)14-9(10)4/h5-7H2,1-4H3,(H2,13,14). The van der Waals surface area contributed by atoms with Crippen molar-refractivity contribution in [2.45, 2.75) is 45.4 Å². The van der Waals surface area contributed by atoms with Crippen molar-refractivity contribution in [3.8, 4) is 0 Å². The molecule has 0 aliphatic rings. The quantitative estimate of drug-likeness (QED) is 0.894. The summed E-state index contributed by atoms with van der Waals surface area (Å²) in [7, 11) is -3.30. The molecule has 0 fully saturated rings. The maximum Gasteiger partial charge on any atom is 0.182 e. The summed E-state index contributed by atoms with van der Waals surface area (Å²) in [5, 5.41) is 0. The Balaban J connectivity index is 3.57. The molecule has 4 nitrogen and oxygen atoms in total. The van der Waals surface area contributed by atoms with E-state index in [0.717, 1.165) is 29.7 Å². The number of sulfone groups is 1. The minimum atomic E-state index is -3.30. The predicted molar refractivity (Wildman–Crippen MR) is 69.8 cm³/mol. The van der Waals surface area contributed by atoms with Crippen LogP contribution in [0.2, 0.25) is 0 Å². The molecule has 1 heterocycles. The van der Waals surface area contributed by atoms with Crippen molar-refractivity contribution in [2.24, 2.45) is 0 Å². The monoisotopic (exact) mass is 256 g/mol. The van der Waals surface area contributed by atoms with Crippen molar-refractivity contribution in [1.82, 2.24) is 4.98 Å². The molecule has 5 heteroatoms. The van der Waals surface area contributed by atoms with Crippen molar-refractivity contribution in [3.63, 3.8) is 0 Å². The highest BCUT2D eigenvalue weighted by Gasteiger charge is 2.22. The van der Waals surface area contributed by atoms with Crippen molar-refractivity contribution < 1.29 is 8.42 Å². The van der Waals surface area contributed by atoms with Crippen molar-refractivity contribution >= 4 is 15.7 Å². The zero-order valence-electron chi connectivity index (χ0n) is 10.9. The van der Waals surface area contributed by atoms with E-state index >= 15 is 0 Å². The number of rotatable bonds is 4. The Labute approximate surface area is 103 Å². The summed E-state index contributed by atoms with van der Waals surface area (Å²) in [6, 6.07) is 0. The Morgan fingerprint density at radius 2 is 1.82 bits per heavy atom. The van der Waals surface area contributed by atoms with E-state index in [0.29, 0.717) is 0 Å².